The van der Waals surface area contributed by atoms with Crippen LogP contribution in [0.2, 0.25) is 0 Å². The molecule has 0 saturated heterocycles. The Morgan fingerprint density at radius 3 is 0.917 bits per heavy atom. The van der Waals surface area contributed by atoms with Crippen LogP contribution in [0.25, 0.3) is 0 Å². The predicted molar refractivity (Wildman–Crippen MR) is 21.9 cm³/mol. The van der Waals surface area contributed by atoms with Crippen LogP contribution >= 0.6 is 15.6 Å². The van der Waals surface area contributed by atoms with E-state index in [1.807, 2.05) is 0 Å². The molecule has 12 heteroatoms. The van der Waals surface area contributed by atoms with Crippen LogP contribution in [-0.2, 0) is 28.6 Å². The average Bonchev–Trinajstić information content (AvgIpc) is 1.12. The van der Waals surface area contributed by atoms with E-state index in [9.17, 15) is 0 Å². The van der Waals surface area contributed by atoms with Gasteiger partial charge in [-0.15, -0.1) is 0 Å². The van der Waals surface area contributed by atoms with E-state index in [0.717, 1.165) is 0 Å². The Morgan fingerprint density at radius 1 is 0.917 bits per heavy atom. The monoisotopic (exact) mass is 280 g/mol. The van der Waals surface area contributed by atoms with Crippen LogP contribution in [0.3, 0.4) is 0 Å². The largest absolute Gasteiger partial charge is 2.00 e. The minimum atomic E-state index is -5.39. The summed E-state index contributed by atoms with van der Waals surface area (Å²) in [4.78, 5) is 47.2. The van der Waals surface area contributed by atoms with Gasteiger partial charge < -0.3 is 33.9 Å². The van der Waals surface area contributed by atoms with Gasteiger partial charge in [0.15, 0.2) is 0 Å². The first-order valence-corrected chi connectivity index (χ1v) is 4.54. The minimum absolute atomic E-state index is 0. The molecular weight excluding hydrogens is 278 g/mol. The van der Waals surface area contributed by atoms with Crippen molar-refractivity contribution >= 4 is 15.6 Å². The van der Waals surface area contributed by atoms with E-state index in [2.05, 4.69) is 0 Å². The van der Waals surface area contributed by atoms with E-state index >= 15 is 0 Å². The first-order valence-electron chi connectivity index (χ1n) is 1.51. The van der Waals surface area contributed by atoms with Gasteiger partial charge in [-0.25, -0.2) is 4.57 Å². The van der Waals surface area contributed by atoms with E-state index in [1.54, 1.807) is 0 Å². The Labute approximate surface area is 103 Å². The van der Waals surface area contributed by atoms with Gasteiger partial charge in [-0.05, 0) is 0 Å². The Balaban J connectivity index is -0.0000000457. The van der Waals surface area contributed by atoms with Crippen molar-refractivity contribution in [3.63, 3.8) is 0 Å². The zero-order valence-corrected chi connectivity index (χ0v) is 12.7. The smallest absolute Gasteiger partial charge is 0.822 e. The molecule has 12 heavy (non-hydrogen) atoms. The fraction of sp³-hybridized carbons (Fsp3) is 0. The number of phosphoric acid groups is 2. The molecule has 0 atom stereocenters. The number of hydrogen-bond acceptors (Lipinski definition) is 5. The molecule has 0 amide bonds. The summed E-state index contributed by atoms with van der Waals surface area (Å²) >= 11 is 0. The quantitative estimate of drug-likeness (QED) is 0.291. The first kappa shape index (κ1) is 23.6. The summed E-state index contributed by atoms with van der Waals surface area (Å²) in [6.45, 7) is 0. The maximum absolute atomic E-state index is 8.88. The summed E-state index contributed by atoms with van der Waals surface area (Å²) in [5, 5.41) is 0. The second kappa shape index (κ2) is 9.40. The van der Waals surface area contributed by atoms with Crippen molar-refractivity contribution in [2.45, 2.75) is 0 Å². The molecule has 8 nitrogen and oxygen atoms in total. The summed E-state index contributed by atoms with van der Waals surface area (Å²) in [6.07, 6.45) is 0. The topological polar surface area (TPSA) is 164 Å². The molecule has 64 valence electrons. The van der Waals surface area contributed by atoms with Gasteiger partial charge in [0.2, 0.25) is 0 Å². The van der Waals surface area contributed by atoms with Crippen molar-refractivity contribution in [3.8, 4) is 0 Å². The molecule has 0 aromatic rings. The molecule has 0 fully saturated rings. The zero-order chi connectivity index (χ0) is 9.00. The van der Waals surface area contributed by atoms with E-state index in [0.29, 0.717) is 0 Å². The third-order valence-electron chi connectivity index (χ3n) is 0. The Hall–Kier alpha value is 1.84. The normalized spacial score (nSPS) is 9.83. The van der Waals surface area contributed by atoms with Gasteiger partial charge in [0, 0.05) is 0 Å². The van der Waals surface area contributed by atoms with Crippen molar-refractivity contribution < 1.29 is 87.5 Å². The van der Waals surface area contributed by atoms with Crippen LogP contribution in [0.15, 0.2) is 0 Å². The summed E-state index contributed by atoms with van der Waals surface area (Å²) in [7, 11) is -10.0. The van der Waals surface area contributed by atoms with E-state index < -0.39 is 15.6 Å². The molecule has 3 N–H and O–H groups in total. The molecule has 0 aromatic carbocycles. The third-order valence-corrected chi connectivity index (χ3v) is 0. The van der Waals surface area contributed by atoms with Gasteiger partial charge in [-0.3, -0.25) is 0 Å². The maximum Gasteiger partial charge on any atom is 2.00 e. The summed E-state index contributed by atoms with van der Waals surface area (Å²) < 4.78 is 17.4. The van der Waals surface area contributed by atoms with E-state index in [1.165, 1.54) is 0 Å². The van der Waals surface area contributed by atoms with E-state index in [4.69, 9.17) is 38.5 Å². The molecule has 0 radical (unpaired) electrons. The zero-order valence-electron chi connectivity index (χ0n) is 5.98. The SMILES string of the molecule is O=P(O)(O)O.O=P([O-])([O-])[O-].[Na+].[Zn+2]. The average molecular weight is 281 g/mol. The van der Waals surface area contributed by atoms with Gasteiger partial charge >= 0.3 is 56.9 Å². The van der Waals surface area contributed by atoms with Crippen LogP contribution in [0.1, 0.15) is 0 Å². The molecule has 0 rings (SSSR count). The standard InChI is InChI=1S/Na.2H3O4P.Zn/c;2*1-5(2,3)4;/h;2*(H3,1,2,3,4);/q+1;;;+2/p-3. The number of rotatable bonds is 0. The third kappa shape index (κ3) is 410. The summed E-state index contributed by atoms with van der Waals surface area (Å²) in [5.41, 5.74) is 0. The molecule has 0 bridgehead atoms. The van der Waals surface area contributed by atoms with Crippen LogP contribution in [-0.4, -0.2) is 14.7 Å². The molecule has 0 heterocycles. The van der Waals surface area contributed by atoms with Crippen molar-refractivity contribution in [1.82, 2.24) is 0 Å². The fourth-order valence-electron chi connectivity index (χ4n) is 0. The fourth-order valence-corrected chi connectivity index (χ4v) is 0. The van der Waals surface area contributed by atoms with Gasteiger partial charge in [-0.2, -0.15) is 7.82 Å². The van der Waals surface area contributed by atoms with Crippen LogP contribution in [0, 0.1) is 0 Å². The van der Waals surface area contributed by atoms with E-state index in [-0.39, 0.29) is 49.0 Å². The predicted octanol–water partition coefficient (Wildman–Crippen LogP) is -6.75. The summed E-state index contributed by atoms with van der Waals surface area (Å²) in [6, 6.07) is 0. The van der Waals surface area contributed by atoms with Gasteiger partial charge in [0.05, 0.1) is 0 Å². The molecule has 0 spiro atoms. The van der Waals surface area contributed by atoms with Gasteiger partial charge in [0.1, 0.15) is 0 Å². The molecule has 0 aliphatic heterocycles. The Kier molecular flexibility index (Phi) is 18.5. The Bertz CT molecular complexity index is 129. The van der Waals surface area contributed by atoms with Crippen molar-refractivity contribution in [3.05, 3.63) is 0 Å². The van der Waals surface area contributed by atoms with Crippen LogP contribution < -0.4 is 44.2 Å². The molecule has 0 aliphatic rings. The van der Waals surface area contributed by atoms with Gasteiger partial charge in [-0.1, -0.05) is 0 Å². The second-order valence-electron chi connectivity index (χ2n) is 0.960. The van der Waals surface area contributed by atoms with Crippen LogP contribution in [0.5, 0.6) is 0 Å². The molecule has 0 aliphatic carbocycles. The Morgan fingerprint density at radius 2 is 0.917 bits per heavy atom. The summed E-state index contributed by atoms with van der Waals surface area (Å²) in [5.74, 6) is 0. The second-order valence-corrected chi connectivity index (χ2v) is 2.88. The van der Waals surface area contributed by atoms with Gasteiger partial charge in [0.25, 0.3) is 0 Å². The maximum atomic E-state index is 8.88. The van der Waals surface area contributed by atoms with Crippen LogP contribution in [0.4, 0.5) is 0 Å². The number of hydrogen-bond donors (Lipinski definition) is 3. The van der Waals surface area contributed by atoms with Crippen molar-refractivity contribution in [2.24, 2.45) is 0 Å². The van der Waals surface area contributed by atoms with Crippen molar-refractivity contribution in [1.29, 1.82) is 0 Å². The molecular formula is H3NaO8P2Zn. The van der Waals surface area contributed by atoms with Crippen molar-refractivity contribution in [2.75, 3.05) is 0 Å². The molecule has 0 unspecified atom stereocenters. The molecule has 0 aromatic heterocycles. The first-order chi connectivity index (χ1) is 4.00. The minimum Gasteiger partial charge on any atom is -0.822 e. The molecule has 0 saturated carbocycles.